The minimum atomic E-state index is -0.362. The molecule has 20 heavy (non-hydrogen) atoms. The zero-order chi connectivity index (χ0) is 14.5. The van der Waals surface area contributed by atoms with Gasteiger partial charge in [0, 0.05) is 12.7 Å². The zero-order valence-electron chi connectivity index (χ0n) is 11.3. The highest BCUT2D eigenvalue weighted by Gasteiger charge is 2.15. The van der Waals surface area contributed by atoms with Crippen LogP contribution in [0.3, 0.4) is 0 Å². The molecule has 4 N–H and O–H groups in total. The van der Waals surface area contributed by atoms with E-state index in [-0.39, 0.29) is 24.9 Å². The first-order valence-corrected chi connectivity index (χ1v) is 6.35. The van der Waals surface area contributed by atoms with Crippen LogP contribution < -0.4 is 26.0 Å². The van der Waals surface area contributed by atoms with Crippen LogP contribution in [0.2, 0.25) is 0 Å². The molecule has 0 saturated heterocycles. The Morgan fingerprint density at radius 3 is 2.95 bits per heavy atom. The SMILES string of the molecule is CN1CCOc2ccc(NC(=O)CNC(=O)CN)cc21. The Kier molecular flexibility index (Phi) is 4.41. The number of hydrogen-bond donors (Lipinski definition) is 3. The van der Waals surface area contributed by atoms with Crippen LogP contribution in [0.25, 0.3) is 0 Å². The molecule has 1 aromatic carbocycles. The highest BCUT2D eigenvalue weighted by Crippen LogP contribution is 2.33. The van der Waals surface area contributed by atoms with Crippen LogP contribution in [0.1, 0.15) is 0 Å². The summed E-state index contributed by atoms with van der Waals surface area (Å²) in [7, 11) is 1.97. The Bertz CT molecular complexity index is 518. The Morgan fingerprint density at radius 1 is 1.40 bits per heavy atom. The highest BCUT2D eigenvalue weighted by atomic mass is 16.5. The summed E-state index contributed by atoms with van der Waals surface area (Å²) in [6, 6.07) is 5.43. The number of nitrogens with zero attached hydrogens (tertiary/aromatic N) is 1. The van der Waals surface area contributed by atoms with Crippen LogP contribution in [-0.2, 0) is 9.59 Å². The molecule has 0 saturated carbocycles. The predicted octanol–water partition coefficient (Wildman–Crippen LogP) is -0.471. The van der Waals surface area contributed by atoms with Gasteiger partial charge in [0.2, 0.25) is 11.8 Å². The van der Waals surface area contributed by atoms with Crippen molar-refractivity contribution < 1.29 is 14.3 Å². The van der Waals surface area contributed by atoms with E-state index < -0.39 is 0 Å². The van der Waals surface area contributed by atoms with Gasteiger partial charge in [0.15, 0.2) is 0 Å². The predicted molar refractivity (Wildman–Crippen MR) is 75.9 cm³/mol. The number of nitrogens with two attached hydrogens (primary N) is 1. The monoisotopic (exact) mass is 278 g/mol. The maximum Gasteiger partial charge on any atom is 0.243 e. The van der Waals surface area contributed by atoms with E-state index in [9.17, 15) is 9.59 Å². The van der Waals surface area contributed by atoms with Gasteiger partial charge in [0.05, 0.1) is 25.3 Å². The summed E-state index contributed by atoms with van der Waals surface area (Å²) in [6.07, 6.45) is 0. The lowest BCUT2D eigenvalue weighted by molar-refractivity contribution is -0.123. The number of likely N-dealkylation sites (N-methyl/N-ethyl adjacent to an activating group) is 1. The van der Waals surface area contributed by atoms with Crippen LogP contribution >= 0.6 is 0 Å². The number of rotatable bonds is 4. The van der Waals surface area contributed by atoms with Crippen molar-refractivity contribution in [1.82, 2.24) is 5.32 Å². The lowest BCUT2D eigenvalue weighted by Gasteiger charge is -2.28. The van der Waals surface area contributed by atoms with Crippen molar-refractivity contribution >= 4 is 23.2 Å². The number of fused-ring (bicyclic) bond motifs is 1. The number of carbonyl (C=O) groups excluding carboxylic acids is 2. The fourth-order valence-corrected chi connectivity index (χ4v) is 1.88. The summed E-state index contributed by atoms with van der Waals surface area (Å²) in [4.78, 5) is 24.7. The van der Waals surface area contributed by atoms with Gasteiger partial charge in [0.1, 0.15) is 12.4 Å². The second kappa shape index (κ2) is 6.25. The third-order valence-corrected chi connectivity index (χ3v) is 2.97. The molecule has 108 valence electrons. The van der Waals surface area contributed by atoms with Crippen molar-refractivity contribution in [2.75, 3.05) is 43.5 Å². The van der Waals surface area contributed by atoms with E-state index in [0.717, 1.165) is 18.0 Å². The van der Waals surface area contributed by atoms with Crippen LogP contribution in [0.15, 0.2) is 18.2 Å². The number of benzene rings is 1. The summed E-state index contributed by atoms with van der Waals surface area (Å²) >= 11 is 0. The molecule has 0 unspecified atom stereocenters. The van der Waals surface area contributed by atoms with E-state index in [1.807, 2.05) is 19.2 Å². The maximum absolute atomic E-state index is 11.7. The summed E-state index contributed by atoms with van der Waals surface area (Å²) in [5, 5.41) is 5.13. The quantitative estimate of drug-likeness (QED) is 0.692. The average Bonchev–Trinajstić information content (AvgIpc) is 2.45. The van der Waals surface area contributed by atoms with Crippen molar-refractivity contribution in [3.05, 3.63) is 18.2 Å². The molecule has 0 fully saturated rings. The van der Waals surface area contributed by atoms with Crippen LogP contribution in [0, 0.1) is 0 Å². The third-order valence-electron chi connectivity index (χ3n) is 2.97. The van der Waals surface area contributed by atoms with Crippen molar-refractivity contribution in [3.63, 3.8) is 0 Å². The maximum atomic E-state index is 11.7. The second-order valence-corrected chi connectivity index (χ2v) is 4.48. The zero-order valence-corrected chi connectivity index (χ0v) is 11.3. The number of hydrogen-bond acceptors (Lipinski definition) is 5. The fraction of sp³-hybridized carbons (Fsp3) is 0.385. The van der Waals surface area contributed by atoms with Gasteiger partial charge in [0.25, 0.3) is 0 Å². The molecular formula is C13H18N4O3. The second-order valence-electron chi connectivity index (χ2n) is 4.48. The largest absolute Gasteiger partial charge is 0.490 e. The van der Waals surface area contributed by atoms with Crippen LogP contribution in [-0.4, -0.2) is 45.1 Å². The van der Waals surface area contributed by atoms with E-state index in [1.54, 1.807) is 6.07 Å². The van der Waals surface area contributed by atoms with Crippen LogP contribution in [0.5, 0.6) is 5.75 Å². The molecule has 0 atom stereocenters. The number of carbonyl (C=O) groups is 2. The molecule has 0 radical (unpaired) electrons. The van der Waals surface area contributed by atoms with Gasteiger partial charge in [-0.25, -0.2) is 0 Å². The van der Waals surface area contributed by atoms with E-state index in [4.69, 9.17) is 10.5 Å². The van der Waals surface area contributed by atoms with E-state index in [2.05, 4.69) is 15.5 Å². The van der Waals surface area contributed by atoms with Crippen LogP contribution in [0.4, 0.5) is 11.4 Å². The Hall–Kier alpha value is -2.28. The third kappa shape index (κ3) is 3.39. The smallest absolute Gasteiger partial charge is 0.243 e. The Labute approximate surface area is 117 Å². The van der Waals surface area contributed by atoms with Crippen molar-refractivity contribution in [2.45, 2.75) is 0 Å². The minimum absolute atomic E-state index is 0.0978. The molecule has 7 nitrogen and oxygen atoms in total. The molecule has 0 aromatic heterocycles. The van der Waals surface area contributed by atoms with Gasteiger partial charge in [-0.3, -0.25) is 9.59 Å². The van der Waals surface area contributed by atoms with Crippen molar-refractivity contribution in [1.29, 1.82) is 0 Å². The number of anilines is 2. The summed E-state index contributed by atoms with van der Waals surface area (Å²) in [5.74, 6) is 0.137. The molecule has 1 heterocycles. The van der Waals surface area contributed by atoms with Crippen molar-refractivity contribution in [3.8, 4) is 5.75 Å². The van der Waals surface area contributed by atoms with Crippen molar-refractivity contribution in [2.24, 2.45) is 5.73 Å². The lowest BCUT2D eigenvalue weighted by Crippen LogP contribution is -2.36. The highest BCUT2D eigenvalue weighted by molar-refractivity contribution is 5.95. The molecule has 1 aliphatic heterocycles. The van der Waals surface area contributed by atoms with E-state index in [1.165, 1.54) is 0 Å². The van der Waals surface area contributed by atoms with E-state index >= 15 is 0 Å². The van der Waals surface area contributed by atoms with Gasteiger partial charge in [-0.2, -0.15) is 0 Å². The number of nitrogens with one attached hydrogen (secondary N) is 2. The summed E-state index contributed by atoms with van der Waals surface area (Å²) in [5.41, 5.74) is 6.73. The molecule has 2 amide bonds. The standard InChI is InChI=1S/C13H18N4O3/c1-17-4-5-20-11-3-2-9(6-10(11)17)16-13(19)8-15-12(18)7-14/h2-3,6H,4-5,7-8,14H2,1H3,(H,15,18)(H,16,19). The molecule has 1 aromatic rings. The molecule has 1 aliphatic rings. The van der Waals surface area contributed by atoms with Gasteiger partial charge in [-0.15, -0.1) is 0 Å². The van der Waals surface area contributed by atoms with Gasteiger partial charge in [-0.05, 0) is 18.2 Å². The topological polar surface area (TPSA) is 96.7 Å². The first-order valence-electron chi connectivity index (χ1n) is 6.35. The van der Waals surface area contributed by atoms with Gasteiger partial charge in [-0.1, -0.05) is 0 Å². The summed E-state index contributed by atoms with van der Waals surface area (Å²) < 4.78 is 5.52. The fourth-order valence-electron chi connectivity index (χ4n) is 1.88. The molecule has 0 bridgehead atoms. The average molecular weight is 278 g/mol. The first-order chi connectivity index (χ1) is 9.60. The molecular weight excluding hydrogens is 260 g/mol. The van der Waals surface area contributed by atoms with Gasteiger partial charge < -0.3 is 26.0 Å². The first kappa shape index (κ1) is 14.1. The molecule has 0 spiro atoms. The number of amides is 2. The van der Waals surface area contributed by atoms with E-state index in [0.29, 0.717) is 12.3 Å². The number of ether oxygens (including phenoxy) is 1. The summed E-state index contributed by atoms with van der Waals surface area (Å²) in [6.45, 7) is 1.23. The Balaban J connectivity index is 1.98. The Morgan fingerprint density at radius 2 is 2.20 bits per heavy atom. The lowest BCUT2D eigenvalue weighted by atomic mass is 10.2. The molecule has 2 rings (SSSR count). The molecule has 0 aliphatic carbocycles. The molecule has 7 heteroatoms. The normalized spacial score (nSPS) is 13.2. The van der Waals surface area contributed by atoms with Gasteiger partial charge >= 0.3 is 0 Å². The minimum Gasteiger partial charge on any atom is -0.490 e.